The van der Waals surface area contributed by atoms with E-state index in [-0.39, 0.29) is 11.7 Å². The van der Waals surface area contributed by atoms with E-state index in [0.717, 1.165) is 15.8 Å². The first-order valence-electron chi connectivity index (χ1n) is 7.98. The van der Waals surface area contributed by atoms with Gasteiger partial charge in [0.2, 0.25) is 0 Å². The monoisotopic (exact) mass is 368 g/mol. The number of amides is 1. The number of nitrogens with zero attached hydrogens (tertiary/aromatic N) is 1. The number of halogens is 2. The molecule has 0 atom stereocenters. The number of benzene rings is 2. The molecule has 0 fully saturated rings. The minimum Gasteiger partial charge on any atom is -0.331 e. The second-order valence-corrected chi connectivity index (χ2v) is 6.82. The molecule has 0 bridgehead atoms. The molecular formula is C20H14F2N2OS. The molecule has 0 aliphatic heterocycles. The summed E-state index contributed by atoms with van der Waals surface area (Å²) in [7, 11) is 0. The quantitative estimate of drug-likeness (QED) is 0.522. The molecule has 2 heterocycles. The number of rotatable bonds is 4. The highest BCUT2D eigenvalue weighted by atomic mass is 32.1. The first kappa shape index (κ1) is 16.5. The molecule has 0 aliphatic carbocycles. The largest absolute Gasteiger partial charge is 0.331 e. The highest BCUT2D eigenvalue weighted by molar-refractivity contribution is 7.17. The highest BCUT2D eigenvalue weighted by Gasteiger charge is 2.17. The van der Waals surface area contributed by atoms with Crippen LogP contribution in [0, 0.1) is 11.6 Å². The van der Waals surface area contributed by atoms with E-state index in [1.165, 1.54) is 24.3 Å². The lowest BCUT2D eigenvalue weighted by Gasteiger charge is -2.11. The van der Waals surface area contributed by atoms with Gasteiger partial charge in [-0.3, -0.25) is 4.79 Å². The molecule has 130 valence electrons. The Labute approximate surface area is 152 Å². The van der Waals surface area contributed by atoms with Gasteiger partial charge in [0.25, 0.3) is 5.91 Å². The van der Waals surface area contributed by atoms with Crippen LogP contribution in [0.5, 0.6) is 0 Å². The van der Waals surface area contributed by atoms with Gasteiger partial charge < -0.3 is 9.88 Å². The predicted molar refractivity (Wildman–Crippen MR) is 99.7 cm³/mol. The summed E-state index contributed by atoms with van der Waals surface area (Å²) in [6.07, 6.45) is 0. The lowest BCUT2D eigenvalue weighted by molar-refractivity contribution is 0.101. The molecule has 0 saturated carbocycles. The molecule has 2 aromatic heterocycles. The second kappa shape index (κ2) is 6.72. The van der Waals surface area contributed by atoms with E-state index in [0.29, 0.717) is 17.9 Å². The van der Waals surface area contributed by atoms with Crippen LogP contribution in [-0.2, 0) is 6.54 Å². The van der Waals surface area contributed by atoms with Gasteiger partial charge in [-0.25, -0.2) is 8.78 Å². The van der Waals surface area contributed by atoms with Crippen molar-refractivity contribution in [3.05, 3.63) is 88.9 Å². The number of fused-ring (bicyclic) bond motifs is 1. The Kier molecular flexibility index (Phi) is 4.26. The normalized spacial score (nSPS) is 11.0. The first-order valence-corrected chi connectivity index (χ1v) is 8.86. The summed E-state index contributed by atoms with van der Waals surface area (Å²) in [6.45, 7) is 0.437. The fourth-order valence-electron chi connectivity index (χ4n) is 2.87. The van der Waals surface area contributed by atoms with Gasteiger partial charge in [-0.2, -0.15) is 0 Å². The Bertz CT molecular complexity index is 1080. The minimum absolute atomic E-state index is 0.300. The molecule has 0 spiro atoms. The number of carbonyl (C=O) groups excluding carboxylic acids is 1. The second-order valence-electron chi connectivity index (χ2n) is 5.88. The van der Waals surface area contributed by atoms with Crippen molar-refractivity contribution in [1.82, 2.24) is 4.57 Å². The van der Waals surface area contributed by atoms with Gasteiger partial charge >= 0.3 is 0 Å². The van der Waals surface area contributed by atoms with Crippen LogP contribution in [0.15, 0.2) is 66.0 Å². The van der Waals surface area contributed by atoms with E-state index in [9.17, 15) is 13.6 Å². The molecule has 26 heavy (non-hydrogen) atoms. The lowest BCUT2D eigenvalue weighted by atomic mass is 10.2. The van der Waals surface area contributed by atoms with Crippen LogP contribution in [-0.4, -0.2) is 10.5 Å². The molecule has 4 rings (SSSR count). The van der Waals surface area contributed by atoms with Gasteiger partial charge in [0, 0.05) is 12.2 Å². The maximum absolute atomic E-state index is 13.4. The highest BCUT2D eigenvalue weighted by Crippen LogP contribution is 2.27. The Balaban J connectivity index is 1.69. The summed E-state index contributed by atoms with van der Waals surface area (Å²) in [5.74, 6) is -1.03. The average Bonchev–Trinajstić information content (AvgIpc) is 3.19. The van der Waals surface area contributed by atoms with Gasteiger partial charge in [0.15, 0.2) is 0 Å². The smallest absolute Gasteiger partial charge is 0.272 e. The van der Waals surface area contributed by atoms with Crippen LogP contribution in [0.4, 0.5) is 14.5 Å². The van der Waals surface area contributed by atoms with E-state index < -0.39 is 5.82 Å². The summed E-state index contributed by atoms with van der Waals surface area (Å²) in [4.78, 5) is 12.7. The third-order valence-electron chi connectivity index (χ3n) is 4.09. The SMILES string of the molecule is O=C(Nc1cccc(F)c1)c1cc2sccc2n1Cc1ccc(F)cc1. The molecule has 1 amide bonds. The van der Waals surface area contributed by atoms with Crippen LogP contribution < -0.4 is 5.32 Å². The average molecular weight is 368 g/mol. The van der Waals surface area contributed by atoms with Crippen molar-refractivity contribution in [1.29, 1.82) is 0 Å². The molecule has 4 aromatic rings. The van der Waals surface area contributed by atoms with Gasteiger partial charge in [0.1, 0.15) is 17.3 Å². The lowest BCUT2D eigenvalue weighted by Crippen LogP contribution is -2.17. The Hall–Kier alpha value is -2.99. The van der Waals surface area contributed by atoms with E-state index in [2.05, 4.69) is 5.32 Å². The van der Waals surface area contributed by atoms with E-state index >= 15 is 0 Å². The number of hydrogen-bond acceptors (Lipinski definition) is 2. The molecule has 0 radical (unpaired) electrons. The van der Waals surface area contributed by atoms with Crippen molar-refractivity contribution in [3.8, 4) is 0 Å². The number of hydrogen-bond donors (Lipinski definition) is 1. The summed E-state index contributed by atoms with van der Waals surface area (Å²) in [5.41, 5.74) is 2.69. The zero-order valence-corrected chi connectivity index (χ0v) is 14.4. The standard InChI is InChI=1S/C20H14F2N2OS/c21-14-6-4-13(5-7-14)12-24-17-8-9-26-19(17)11-18(24)20(25)23-16-3-1-2-15(22)10-16/h1-11H,12H2,(H,23,25). The van der Waals surface area contributed by atoms with Crippen molar-refractivity contribution in [2.75, 3.05) is 5.32 Å². The number of carbonyl (C=O) groups is 1. The van der Waals surface area contributed by atoms with Crippen LogP contribution >= 0.6 is 11.3 Å². The fourth-order valence-corrected chi connectivity index (χ4v) is 3.69. The fraction of sp³-hybridized carbons (Fsp3) is 0.0500. The zero-order valence-electron chi connectivity index (χ0n) is 13.6. The Morgan fingerprint density at radius 3 is 2.58 bits per heavy atom. The third kappa shape index (κ3) is 3.23. The summed E-state index contributed by atoms with van der Waals surface area (Å²) in [6, 6.07) is 15.7. The van der Waals surface area contributed by atoms with E-state index in [1.54, 1.807) is 35.6 Å². The molecule has 0 aliphatic rings. The van der Waals surface area contributed by atoms with Crippen molar-refractivity contribution >= 4 is 33.1 Å². The molecule has 6 heteroatoms. The van der Waals surface area contributed by atoms with Gasteiger partial charge in [0.05, 0.1) is 10.2 Å². The minimum atomic E-state index is -0.412. The van der Waals surface area contributed by atoms with E-state index in [1.807, 2.05) is 22.1 Å². The summed E-state index contributed by atoms with van der Waals surface area (Å²) >= 11 is 1.54. The number of thiophene rings is 1. The molecule has 0 unspecified atom stereocenters. The maximum atomic E-state index is 13.4. The van der Waals surface area contributed by atoms with Gasteiger partial charge in [-0.15, -0.1) is 11.3 Å². The Morgan fingerprint density at radius 2 is 1.81 bits per heavy atom. The van der Waals surface area contributed by atoms with Crippen molar-refractivity contribution in [2.45, 2.75) is 6.54 Å². The summed E-state index contributed by atoms with van der Waals surface area (Å²) < 4.78 is 29.4. The van der Waals surface area contributed by atoms with Crippen molar-refractivity contribution in [2.24, 2.45) is 0 Å². The predicted octanol–water partition coefficient (Wildman–Crippen LogP) is 5.28. The van der Waals surface area contributed by atoms with Crippen molar-refractivity contribution < 1.29 is 13.6 Å². The maximum Gasteiger partial charge on any atom is 0.272 e. The molecule has 2 aromatic carbocycles. The van der Waals surface area contributed by atoms with E-state index in [4.69, 9.17) is 0 Å². The van der Waals surface area contributed by atoms with Crippen molar-refractivity contribution in [3.63, 3.8) is 0 Å². The molecule has 1 N–H and O–H groups in total. The van der Waals surface area contributed by atoms with Crippen LogP contribution in [0.2, 0.25) is 0 Å². The molecule has 0 saturated heterocycles. The number of nitrogens with one attached hydrogen (secondary N) is 1. The van der Waals surface area contributed by atoms with Gasteiger partial charge in [-0.1, -0.05) is 18.2 Å². The van der Waals surface area contributed by atoms with Crippen LogP contribution in [0.3, 0.4) is 0 Å². The van der Waals surface area contributed by atoms with Crippen LogP contribution in [0.25, 0.3) is 10.2 Å². The molecule has 3 nitrogen and oxygen atoms in total. The first-order chi connectivity index (χ1) is 12.6. The van der Waals surface area contributed by atoms with Crippen LogP contribution in [0.1, 0.15) is 16.1 Å². The number of anilines is 1. The molecular weight excluding hydrogens is 354 g/mol. The number of aromatic nitrogens is 1. The third-order valence-corrected chi connectivity index (χ3v) is 4.94. The topological polar surface area (TPSA) is 34.0 Å². The summed E-state index contributed by atoms with van der Waals surface area (Å²) in [5, 5.41) is 4.69. The Morgan fingerprint density at radius 1 is 1.00 bits per heavy atom. The van der Waals surface area contributed by atoms with Gasteiger partial charge in [-0.05, 0) is 53.4 Å². The zero-order chi connectivity index (χ0) is 18.1.